The van der Waals surface area contributed by atoms with Crippen LogP contribution in [-0.4, -0.2) is 21.7 Å². The fourth-order valence-corrected chi connectivity index (χ4v) is 1.07. The van der Waals surface area contributed by atoms with Gasteiger partial charge in [-0.15, -0.1) is 0 Å². The summed E-state index contributed by atoms with van der Waals surface area (Å²) < 4.78 is 25.8. The van der Waals surface area contributed by atoms with Crippen LogP contribution in [-0.2, 0) is 5.92 Å². The van der Waals surface area contributed by atoms with Crippen molar-refractivity contribution in [2.45, 2.75) is 24.7 Å². The lowest BCUT2D eigenvalue weighted by atomic mass is 10.3. The van der Waals surface area contributed by atoms with Gasteiger partial charge in [0.05, 0.1) is 6.54 Å². The summed E-state index contributed by atoms with van der Waals surface area (Å²) in [5, 5.41) is 5.97. The van der Waals surface area contributed by atoms with E-state index in [1.54, 1.807) is 0 Å². The maximum atomic E-state index is 12.9. The van der Waals surface area contributed by atoms with Crippen molar-refractivity contribution in [1.29, 1.82) is 0 Å². The molecule has 72 valence electrons. The van der Waals surface area contributed by atoms with E-state index in [-0.39, 0.29) is 0 Å². The fourth-order valence-electron chi connectivity index (χ4n) is 1.07. The van der Waals surface area contributed by atoms with Crippen LogP contribution < -0.4 is 5.73 Å². The van der Waals surface area contributed by atoms with E-state index in [4.69, 9.17) is 5.73 Å². The first kappa shape index (κ1) is 8.55. The van der Waals surface area contributed by atoms with Gasteiger partial charge in [-0.3, -0.25) is 5.10 Å². The molecule has 1 aliphatic rings. The number of alkyl halides is 2. The Morgan fingerprint density at radius 2 is 2.23 bits per heavy atom. The number of nitrogens with zero attached hydrogens (tertiary/aromatic N) is 2. The second-order valence-corrected chi connectivity index (χ2v) is 3.23. The average molecular weight is 188 g/mol. The molecule has 0 spiro atoms. The predicted octanol–water partition coefficient (Wildman–Crippen LogP) is 0.733. The molecule has 3 N–H and O–H groups in total. The molecule has 1 aliphatic carbocycles. The monoisotopic (exact) mass is 188 g/mol. The maximum absolute atomic E-state index is 12.9. The zero-order chi connectivity index (χ0) is 9.47. The number of aromatic amines is 1. The van der Waals surface area contributed by atoms with Gasteiger partial charge < -0.3 is 5.73 Å². The third-order valence-electron chi connectivity index (χ3n) is 2.05. The van der Waals surface area contributed by atoms with E-state index >= 15 is 0 Å². The summed E-state index contributed by atoms with van der Waals surface area (Å²) in [5.41, 5.74) is 4.90. The number of aromatic nitrogens is 3. The van der Waals surface area contributed by atoms with Crippen molar-refractivity contribution in [1.82, 2.24) is 15.2 Å². The molecule has 0 radical (unpaired) electrons. The highest BCUT2D eigenvalue weighted by Gasteiger charge is 2.36. The number of rotatable bonds is 3. The fraction of sp³-hybridized carbons (Fsp3) is 0.714. The summed E-state index contributed by atoms with van der Waals surface area (Å²) in [6.07, 6.45) is 2.01. The molecule has 1 aromatic heterocycles. The molecule has 0 atom stereocenters. The van der Waals surface area contributed by atoms with Gasteiger partial charge in [-0.05, 0) is 12.8 Å². The van der Waals surface area contributed by atoms with E-state index in [9.17, 15) is 8.78 Å². The number of nitrogens with two attached hydrogens (primary N) is 1. The molecule has 0 unspecified atom stereocenters. The Labute approximate surface area is 73.5 Å². The van der Waals surface area contributed by atoms with Gasteiger partial charge >= 0.3 is 5.92 Å². The van der Waals surface area contributed by atoms with Gasteiger partial charge in [0.25, 0.3) is 0 Å². The van der Waals surface area contributed by atoms with Crippen LogP contribution in [0.3, 0.4) is 0 Å². The molecule has 4 nitrogen and oxygen atoms in total. The second-order valence-electron chi connectivity index (χ2n) is 3.23. The van der Waals surface area contributed by atoms with Crippen LogP contribution in [0.4, 0.5) is 8.78 Å². The lowest BCUT2D eigenvalue weighted by Crippen LogP contribution is -2.26. The maximum Gasteiger partial charge on any atom is 0.320 e. The molecule has 0 amide bonds. The lowest BCUT2D eigenvalue weighted by Gasteiger charge is -2.07. The van der Waals surface area contributed by atoms with Crippen LogP contribution >= 0.6 is 0 Å². The number of hydrogen-bond donors (Lipinski definition) is 2. The van der Waals surface area contributed by atoms with Gasteiger partial charge in [-0.2, -0.15) is 13.9 Å². The van der Waals surface area contributed by atoms with Crippen molar-refractivity contribution < 1.29 is 8.78 Å². The van der Waals surface area contributed by atoms with Gasteiger partial charge in [-0.1, -0.05) is 0 Å². The molecular weight excluding hydrogens is 178 g/mol. The normalized spacial score (nSPS) is 17.8. The first-order valence-corrected chi connectivity index (χ1v) is 4.14. The van der Waals surface area contributed by atoms with Crippen molar-refractivity contribution in [3.05, 3.63) is 11.6 Å². The molecule has 1 aromatic rings. The Morgan fingerprint density at radius 1 is 1.54 bits per heavy atom. The molecule has 0 aromatic carbocycles. The van der Waals surface area contributed by atoms with Crippen molar-refractivity contribution in [3.63, 3.8) is 0 Å². The Hall–Kier alpha value is -1.04. The summed E-state index contributed by atoms with van der Waals surface area (Å²) in [6, 6.07) is 0. The zero-order valence-electron chi connectivity index (χ0n) is 6.93. The van der Waals surface area contributed by atoms with E-state index in [1.165, 1.54) is 0 Å². The van der Waals surface area contributed by atoms with Crippen molar-refractivity contribution in [2.24, 2.45) is 5.73 Å². The van der Waals surface area contributed by atoms with Crippen molar-refractivity contribution >= 4 is 0 Å². The van der Waals surface area contributed by atoms with Gasteiger partial charge in [0.1, 0.15) is 5.82 Å². The van der Waals surface area contributed by atoms with Crippen LogP contribution in [0.2, 0.25) is 0 Å². The topological polar surface area (TPSA) is 67.6 Å². The predicted molar refractivity (Wildman–Crippen MR) is 41.3 cm³/mol. The Morgan fingerprint density at radius 3 is 2.77 bits per heavy atom. The summed E-state index contributed by atoms with van der Waals surface area (Å²) in [7, 11) is 0. The molecular formula is C7H10F2N4. The summed E-state index contributed by atoms with van der Waals surface area (Å²) >= 11 is 0. The van der Waals surface area contributed by atoms with E-state index in [2.05, 4.69) is 15.2 Å². The molecule has 13 heavy (non-hydrogen) atoms. The first-order valence-electron chi connectivity index (χ1n) is 4.14. The van der Waals surface area contributed by atoms with E-state index < -0.39 is 18.3 Å². The Bertz CT molecular complexity index is 305. The molecule has 0 saturated heterocycles. The minimum Gasteiger partial charge on any atom is -0.325 e. The van der Waals surface area contributed by atoms with Crippen LogP contribution in [0, 0.1) is 0 Å². The van der Waals surface area contributed by atoms with E-state index in [0.717, 1.165) is 12.8 Å². The Kier molecular flexibility index (Phi) is 1.80. The Balaban J connectivity index is 2.20. The van der Waals surface area contributed by atoms with Gasteiger partial charge in [-0.25, -0.2) is 4.98 Å². The molecule has 1 saturated carbocycles. The largest absolute Gasteiger partial charge is 0.325 e. The number of nitrogens with one attached hydrogen (secondary N) is 1. The molecule has 0 bridgehead atoms. The minimum atomic E-state index is -3.11. The third-order valence-corrected chi connectivity index (χ3v) is 2.05. The van der Waals surface area contributed by atoms with Gasteiger partial charge in [0.2, 0.25) is 5.82 Å². The highest BCUT2D eigenvalue weighted by molar-refractivity contribution is 5.07. The molecule has 2 rings (SSSR count). The van der Waals surface area contributed by atoms with Crippen molar-refractivity contribution in [2.75, 3.05) is 6.54 Å². The van der Waals surface area contributed by atoms with Crippen LogP contribution in [0.1, 0.15) is 30.4 Å². The first-order chi connectivity index (χ1) is 6.13. The third kappa shape index (κ3) is 1.53. The average Bonchev–Trinajstić information content (AvgIpc) is 2.83. The zero-order valence-corrected chi connectivity index (χ0v) is 6.93. The quantitative estimate of drug-likeness (QED) is 0.734. The SMILES string of the molecule is NCC(F)(F)c1n[nH]c(C2CC2)n1. The van der Waals surface area contributed by atoms with Crippen LogP contribution in [0.15, 0.2) is 0 Å². The van der Waals surface area contributed by atoms with Crippen LogP contribution in [0.25, 0.3) is 0 Å². The number of hydrogen-bond acceptors (Lipinski definition) is 3. The number of halogens is 2. The summed E-state index contributed by atoms with van der Waals surface area (Å²) in [4.78, 5) is 3.72. The minimum absolute atomic E-state index is 0.301. The standard InChI is InChI=1S/C7H10F2N4/c8-7(9,3-10)6-11-5(12-13-6)4-1-2-4/h4H,1-3,10H2,(H,11,12,13). The van der Waals surface area contributed by atoms with E-state index in [1.807, 2.05) is 0 Å². The number of H-pyrrole nitrogens is 1. The highest BCUT2D eigenvalue weighted by Crippen LogP contribution is 2.38. The second kappa shape index (κ2) is 2.73. The smallest absolute Gasteiger partial charge is 0.320 e. The molecule has 1 fully saturated rings. The molecule has 0 aliphatic heterocycles. The molecule has 1 heterocycles. The van der Waals surface area contributed by atoms with Gasteiger partial charge in [0.15, 0.2) is 0 Å². The van der Waals surface area contributed by atoms with Gasteiger partial charge in [0, 0.05) is 5.92 Å². The lowest BCUT2D eigenvalue weighted by molar-refractivity contribution is -0.00321. The van der Waals surface area contributed by atoms with E-state index in [0.29, 0.717) is 11.7 Å². The summed E-state index contributed by atoms with van der Waals surface area (Å²) in [5.74, 6) is -2.74. The summed E-state index contributed by atoms with van der Waals surface area (Å²) in [6.45, 7) is -0.755. The van der Waals surface area contributed by atoms with Crippen LogP contribution in [0.5, 0.6) is 0 Å². The van der Waals surface area contributed by atoms with Crippen molar-refractivity contribution in [3.8, 4) is 0 Å². The highest BCUT2D eigenvalue weighted by atomic mass is 19.3. The molecule has 6 heteroatoms.